The van der Waals surface area contributed by atoms with Crippen molar-refractivity contribution in [3.05, 3.63) is 66.7 Å². The third kappa shape index (κ3) is 4.30. The van der Waals surface area contributed by atoms with Gasteiger partial charge >= 0.3 is 0 Å². The second kappa shape index (κ2) is 8.99. The first-order valence-corrected chi connectivity index (χ1v) is 12.0. The number of rotatable bonds is 6. The van der Waals surface area contributed by atoms with Crippen LogP contribution < -0.4 is 9.64 Å². The Morgan fingerprint density at radius 3 is 2.77 bits per heavy atom. The Balaban J connectivity index is 1.17. The molecule has 0 bridgehead atoms. The van der Waals surface area contributed by atoms with Crippen LogP contribution in [0.25, 0.3) is 27.7 Å². The molecule has 0 aromatic carbocycles. The minimum absolute atomic E-state index is 0.0642. The number of aromatic amines is 1. The average molecular weight is 469 g/mol. The van der Waals surface area contributed by atoms with E-state index in [-0.39, 0.29) is 6.10 Å². The smallest absolute Gasteiger partial charge is 0.214 e. The van der Waals surface area contributed by atoms with Crippen LogP contribution in [0.4, 0.5) is 5.82 Å². The van der Waals surface area contributed by atoms with Gasteiger partial charge in [-0.3, -0.25) is 10.00 Å². The number of pyridine rings is 3. The van der Waals surface area contributed by atoms with Crippen molar-refractivity contribution in [1.29, 1.82) is 0 Å². The van der Waals surface area contributed by atoms with E-state index in [1.54, 1.807) is 6.20 Å². The van der Waals surface area contributed by atoms with E-state index in [4.69, 9.17) is 4.74 Å². The maximum Gasteiger partial charge on any atom is 0.214 e. The number of hydrogen-bond acceptors (Lipinski definition) is 7. The molecule has 0 saturated carbocycles. The summed E-state index contributed by atoms with van der Waals surface area (Å²) in [5, 5.41) is 13.1. The molecule has 1 saturated heterocycles. The first-order chi connectivity index (χ1) is 17.1. The Morgan fingerprint density at radius 1 is 1.03 bits per heavy atom. The summed E-state index contributed by atoms with van der Waals surface area (Å²) in [4.78, 5) is 13.9. The van der Waals surface area contributed by atoms with Gasteiger partial charge in [0, 0.05) is 67.7 Å². The Morgan fingerprint density at radius 2 is 1.91 bits per heavy atom. The Bertz CT molecular complexity index is 1460. The van der Waals surface area contributed by atoms with Crippen LogP contribution in [0.1, 0.15) is 19.4 Å². The molecular formula is C26H28N8O. The van der Waals surface area contributed by atoms with Crippen molar-refractivity contribution in [2.24, 2.45) is 0 Å². The lowest BCUT2D eigenvalue weighted by molar-refractivity contribution is 0.233. The monoisotopic (exact) mass is 468 g/mol. The number of nitrogens with zero attached hydrogens (tertiary/aromatic N) is 7. The molecule has 0 atom stereocenters. The highest BCUT2D eigenvalue weighted by Crippen LogP contribution is 2.30. The van der Waals surface area contributed by atoms with E-state index < -0.39 is 0 Å². The van der Waals surface area contributed by atoms with Gasteiger partial charge in [-0.25, -0.2) is 14.5 Å². The average Bonchev–Trinajstić information content (AvgIpc) is 3.48. The Hall–Kier alpha value is -3.98. The topological polar surface area (TPSA) is 87.5 Å². The molecule has 0 aliphatic carbocycles. The van der Waals surface area contributed by atoms with E-state index >= 15 is 0 Å². The summed E-state index contributed by atoms with van der Waals surface area (Å²) in [6, 6.07) is 12.3. The molecule has 9 heteroatoms. The normalized spacial score (nSPS) is 14.9. The zero-order valence-corrected chi connectivity index (χ0v) is 19.9. The largest absolute Gasteiger partial charge is 0.475 e. The molecule has 5 aromatic rings. The van der Waals surface area contributed by atoms with E-state index in [2.05, 4.69) is 53.3 Å². The summed E-state index contributed by atoms with van der Waals surface area (Å²) in [5.74, 6) is 1.58. The van der Waals surface area contributed by atoms with Gasteiger partial charge in [-0.15, -0.1) is 0 Å². The third-order valence-corrected chi connectivity index (χ3v) is 6.39. The van der Waals surface area contributed by atoms with Crippen LogP contribution in [-0.4, -0.2) is 67.0 Å². The number of fused-ring (bicyclic) bond motifs is 2. The van der Waals surface area contributed by atoms with E-state index in [1.165, 1.54) is 11.1 Å². The van der Waals surface area contributed by atoms with Gasteiger partial charge in [0.2, 0.25) is 5.88 Å². The van der Waals surface area contributed by atoms with Gasteiger partial charge in [0.05, 0.1) is 29.5 Å². The molecule has 9 nitrogen and oxygen atoms in total. The third-order valence-electron chi connectivity index (χ3n) is 6.39. The molecule has 1 aliphatic rings. The number of aromatic nitrogens is 6. The number of ether oxygens (including phenoxy) is 1. The highest BCUT2D eigenvalue weighted by molar-refractivity contribution is 5.93. The van der Waals surface area contributed by atoms with Crippen LogP contribution in [0.5, 0.6) is 5.88 Å². The van der Waals surface area contributed by atoms with Crippen molar-refractivity contribution in [2.45, 2.75) is 26.5 Å². The van der Waals surface area contributed by atoms with Crippen LogP contribution in [-0.2, 0) is 6.54 Å². The Kier molecular flexibility index (Phi) is 5.54. The maximum absolute atomic E-state index is 5.79. The zero-order valence-electron chi connectivity index (χ0n) is 19.9. The molecule has 35 heavy (non-hydrogen) atoms. The van der Waals surface area contributed by atoms with E-state index in [0.29, 0.717) is 5.88 Å². The van der Waals surface area contributed by atoms with Gasteiger partial charge in [0.1, 0.15) is 11.5 Å². The van der Waals surface area contributed by atoms with Crippen molar-refractivity contribution in [1.82, 2.24) is 34.7 Å². The molecule has 178 valence electrons. The highest BCUT2D eigenvalue weighted by atomic mass is 16.5. The van der Waals surface area contributed by atoms with Crippen molar-refractivity contribution < 1.29 is 4.74 Å². The molecule has 0 spiro atoms. The predicted molar refractivity (Wildman–Crippen MR) is 136 cm³/mol. The number of piperazine rings is 1. The molecular weight excluding hydrogens is 440 g/mol. The SMILES string of the molecule is CC(C)Oc1cc2c(-c3ccnc(N4CCN(Cc5cnn6ccccc56)CC4)c3)n[nH]c2cn1. The zero-order chi connectivity index (χ0) is 23.8. The standard InChI is InChI=1S/C26H28N8O/c1-18(2)35-25-14-21-22(16-28-25)30-31-26(21)19-6-7-27-24(13-19)33-11-9-32(10-12-33)17-20-15-29-34-8-4-3-5-23(20)34/h3-8,13-16,18H,9-12,17H2,1-2H3,(H,30,31). The molecule has 6 heterocycles. The van der Waals surface area contributed by atoms with Gasteiger partial charge in [0.25, 0.3) is 0 Å². The molecule has 1 aliphatic heterocycles. The van der Waals surface area contributed by atoms with Gasteiger partial charge in [-0.2, -0.15) is 10.2 Å². The van der Waals surface area contributed by atoms with Crippen molar-refractivity contribution in [3.8, 4) is 17.1 Å². The summed E-state index contributed by atoms with van der Waals surface area (Å²) in [6.07, 6.45) is 7.67. The second-order valence-electron chi connectivity index (χ2n) is 9.17. The minimum Gasteiger partial charge on any atom is -0.475 e. The number of anilines is 1. The van der Waals surface area contributed by atoms with Gasteiger partial charge < -0.3 is 9.64 Å². The lowest BCUT2D eigenvalue weighted by Crippen LogP contribution is -2.46. The number of hydrogen-bond donors (Lipinski definition) is 1. The number of H-pyrrole nitrogens is 1. The quantitative estimate of drug-likeness (QED) is 0.406. The highest BCUT2D eigenvalue weighted by Gasteiger charge is 2.20. The predicted octanol–water partition coefficient (Wildman–Crippen LogP) is 3.78. The molecule has 0 unspecified atom stereocenters. The van der Waals surface area contributed by atoms with Crippen LogP contribution in [0, 0.1) is 0 Å². The summed E-state index contributed by atoms with van der Waals surface area (Å²) in [5.41, 5.74) is 5.23. The number of nitrogens with one attached hydrogen (secondary N) is 1. The molecule has 1 fully saturated rings. The molecule has 6 rings (SSSR count). The fraction of sp³-hybridized carbons (Fsp3) is 0.308. The lowest BCUT2D eigenvalue weighted by atomic mass is 10.1. The molecule has 0 radical (unpaired) electrons. The summed E-state index contributed by atoms with van der Waals surface area (Å²) in [6.45, 7) is 8.69. The van der Waals surface area contributed by atoms with Gasteiger partial charge in [-0.1, -0.05) is 6.07 Å². The molecule has 5 aromatic heterocycles. The summed E-state index contributed by atoms with van der Waals surface area (Å²) < 4.78 is 7.73. The maximum atomic E-state index is 5.79. The minimum atomic E-state index is 0.0642. The summed E-state index contributed by atoms with van der Waals surface area (Å²) >= 11 is 0. The van der Waals surface area contributed by atoms with E-state index in [1.807, 2.05) is 55.2 Å². The summed E-state index contributed by atoms with van der Waals surface area (Å²) in [7, 11) is 0. The van der Waals surface area contributed by atoms with Crippen molar-refractivity contribution in [2.75, 3.05) is 31.1 Å². The van der Waals surface area contributed by atoms with E-state index in [9.17, 15) is 0 Å². The van der Waals surface area contributed by atoms with Crippen molar-refractivity contribution in [3.63, 3.8) is 0 Å². The van der Waals surface area contributed by atoms with Crippen LogP contribution in [0.3, 0.4) is 0 Å². The van der Waals surface area contributed by atoms with E-state index in [0.717, 1.165) is 60.7 Å². The first-order valence-electron chi connectivity index (χ1n) is 12.0. The lowest BCUT2D eigenvalue weighted by Gasteiger charge is -2.35. The Labute approximate surface area is 203 Å². The van der Waals surface area contributed by atoms with Crippen molar-refractivity contribution >= 4 is 22.2 Å². The van der Waals surface area contributed by atoms with Crippen LogP contribution in [0.2, 0.25) is 0 Å². The van der Waals surface area contributed by atoms with Gasteiger partial charge in [0.15, 0.2) is 0 Å². The fourth-order valence-corrected chi connectivity index (χ4v) is 4.65. The van der Waals surface area contributed by atoms with Gasteiger partial charge in [-0.05, 0) is 38.1 Å². The first kappa shape index (κ1) is 21.5. The van der Waals surface area contributed by atoms with Crippen LogP contribution >= 0.6 is 0 Å². The second-order valence-corrected chi connectivity index (χ2v) is 9.17. The fourth-order valence-electron chi connectivity index (χ4n) is 4.65. The molecule has 0 amide bonds. The van der Waals surface area contributed by atoms with Crippen LogP contribution in [0.15, 0.2) is 61.2 Å². The molecule has 1 N–H and O–H groups in total.